The van der Waals surface area contributed by atoms with Crippen LogP contribution in [-0.4, -0.2) is 41.7 Å². The lowest BCUT2D eigenvalue weighted by atomic mass is 9.58. The number of rotatable bonds is 3. The van der Waals surface area contributed by atoms with Crippen LogP contribution in [-0.2, 0) is 28.8 Å². The highest BCUT2D eigenvalue weighted by atomic mass is 17.3. The number of hydrogen-bond donors (Lipinski definition) is 1. The lowest BCUT2D eigenvalue weighted by molar-refractivity contribution is -0.577. The summed E-state index contributed by atoms with van der Waals surface area (Å²) in [6.07, 6.45) is 2.61. The first kappa shape index (κ1) is 16.7. The molecule has 0 radical (unpaired) electrons. The van der Waals surface area contributed by atoms with Crippen LogP contribution in [0.15, 0.2) is 0 Å². The molecule has 0 aromatic rings. The Labute approximate surface area is 141 Å². The van der Waals surface area contributed by atoms with Gasteiger partial charge < -0.3 is 19.3 Å². The zero-order valence-corrected chi connectivity index (χ0v) is 14.4. The molecule has 5 rings (SSSR count). The highest BCUT2D eigenvalue weighted by molar-refractivity contribution is 5.68. The topological polar surface area (TPSA) is 83.5 Å². The van der Waals surface area contributed by atoms with E-state index in [1.165, 1.54) is 0 Å². The van der Waals surface area contributed by atoms with E-state index >= 15 is 0 Å². The molecule has 1 aliphatic carbocycles. The maximum atomic E-state index is 10.9. The number of aliphatic carboxylic acids is 1. The van der Waals surface area contributed by atoms with E-state index in [1.54, 1.807) is 0 Å². The van der Waals surface area contributed by atoms with E-state index in [0.29, 0.717) is 11.8 Å². The molecule has 7 heteroatoms. The van der Waals surface area contributed by atoms with Gasteiger partial charge in [-0.15, -0.1) is 0 Å². The summed E-state index contributed by atoms with van der Waals surface area (Å²) in [6.45, 7) is 5.78. The lowest BCUT2D eigenvalue weighted by Crippen LogP contribution is -2.70. The fourth-order valence-corrected chi connectivity index (χ4v) is 5.22. The highest BCUT2D eigenvalue weighted by Gasteiger charge is 2.69. The van der Waals surface area contributed by atoms with Crippen molar-refractivity contribution in [2.75, 3.05) is 6.61 Å². The van der Waals surface area contributed by atoms with Gasteiger partial charge in [0.1, 0.15) is 6.61 Å². The first-order valence-corrected chi connectivity index (χ1v) is 8.89. The summed E-state index contributed by atoms with van der Waals surface area (Å²) in [5.41, 5.74) is -0.629. The molecule has 0 amide bonds. The number of ether oxygens (including phenoxy) is 3. The fraction of sp³-hybridized carbons (Fsp3) is 0.941. The van der Waals surface area contributed by atoms with Gasteiger partial charge in [-0.05, 0) is 38.0 Å². The van der Waals surface area contributed by atoms with Gasteiger partial charge >= 0.3 is 5.97 Å². The standard InChI is InChI=1S/C17H26O7/c1-9-4-5-12-10(2)14(20-8-13(18)19)21-15-17(12)11(9)6-7-16(3,22-15)23-24-17/h9-12,14-15H,4-8H2,1-3H3,(H,18,19)/t9-,10-,11?,12?,14?,15-,16+,17-/m1/s1. The van der Waals surface area contributed by atoms with Crippen molar-refractivity contribution >= 4 is 5.97 Å². The summed E-state index contributed by atoms with van der Waals surface area (Å²) in [4.78, 5) is 22.6. The quantitative estimate of drug-likeness (QED) is 0.788. The molecule has 5 fully saturated rings. The van der Waals surface area contributed by atoms with Crippen LogP contribution in [0, 0.1) is 23.7 Å². The zero-order chi connectivity index (χ0) is 17.1. The monoisotopic (exact) mass is 342 g/mol. The number of carbonyl (C=O) groups is 1. The van der Waals surface area contributed by atoms with Crippen molar-refractivity contribution in [3.05, 3.63) is 0 Å². The molecule has 8 atom stereocenters. The minimum absolute atomic E-state index is 0.00487. The van der Waals surface area contributed by atoms with Crippen LogP contribution < -0.4 is 0 Å². The molecule has 1 spiro atoms. The van der Waals surface area contributed by atoms with E-state index in [4.69, 9.17) is 29.1 Å². The van der Waals surface area contributed by atoms with Crippen molar-refractivity contribution in [2.45, 2.75) is 70.4 Å². The predicted octanol–water partition coefficient (Wildman–Crippen LogP) is 2.30. The Kier molecular flexibility index (Phi) is 3.93. The van der Waals surface area contributed by atoms with Crippen molar-refractivity contribution < 1.29 is 33.9 Å². The summed E-state index contributed by atoms with van der Waals surface area (Å²) < 4.78 is 17.8. The summed E-state index contributed by atoms with van der Waals surface area (Å²) in [7, 11) is 0. The third-order valence-corrected chi connectivity index (χ3v) is 6.47. The molecular formula is C17H26O7. The largest absolute Gasteiger partial charge is 0.480 e. The molecule has 0 aromatic carbocycles. The molecule has 4 saturated heterocycles. The predicted molar refractivity (Wildman–Crippen MR) is 80.4 cm³/mol. The summed E-state index contributed by atoms with van der Waals surface area (Å²) in [6, 6.07) is 0. The number of carboxylic acid groups (broad SMARTS) is 1. The smallest absolute Gasteiger partial charge is 0.329 e. The minimum atomic E-state index is -1.00. The van der Waals surface area contributed by atoms with Gasteiger partial charge in [-0.3, -0.25) is 0 Å². The first-order valence-electron chi connectivity index (χ1n) is 8.89. The van der Waals surface area contributed by atoms with Crippen LogP contribution in [0.1, 0.15) is 46.5 Å². The average molecular weight is 342 g/mol. The number of fused-ring (bicyclic) bond motifs is 2. The first-order chi connectivity index (χ1) is 11.4. The van der Waals surface area contributed by atoms with Crippen molar-refractivity contribution in [1.82, 2.24) is 0 Å². The second kappa shape index (κ2) is 5.64. The molecular weight excluding hydrogens is 316 g/mol. The van der Waals surface area contributed by atoms with E-state index in [1.807, 2.05) is 13.8 Å². The van der Waals surface area contributed by atoms with Crippen LogP contribution in [0.5, 0.6) is 0 Å². The van der Waals surface area contributed by atoms with E-state index in [0.717, 1.165) is 25.7 Å². The van der Waals surface area contributed by atoms with Gasteiger partial charge in [0.2, 0.25) is 5.79 Å². The Morgan fingerprint density at radius 1 is 1.21 bits per heavy atom. The molecule has 3 unspecified atom stereocenters. The van der Waals surface area contributed by atoms with Crippen LogP contribution in [0.4, 0.5) is 0 Å². The molecule has 1 N–H and O–H groups in total. The summed E-state index contributed by atoms with van der Waals surface area (Å²) >= 11 is 0. The van der Waals surface area contributed by atoms with E-state index in [2.05, 4.69) is 6.92 Å². The van der Waals surface area contributed by atoms with E-state index in [-0.39, 0.29) is 18.4 Å². The molecule has 2 bridgehead atoms. The third-order valence-electron chi connectivity index (χ3n) is 6.47. The highest BCUT2D eigenvalue weighted by Crippen LogP contribution is 2.60. The van der Waals surface area contributed by atoms with E-state index < -0.39 is 29.9 Å². The Morgan fingerprint density at radius 3 is 2.75 bits per heavy atom. The van der Waals surface area contributed by atoms with Crippen LogP contribution in [0.2, 0.25) is 0 Å². The molecule has 7 nitrogen and oxygen atoms in total. The second-order valence-electron chi connectivity index (χ2n) is 7.98. The van der Waals surface area contributed by atoms with Gasteiger partial charge in [0.15, 0.2) is 18.2 Å². The zero-order valence-electron chi connectivity index (χ0n) is 14.4. The average Bonchev–Trinajstić information content (AvgIpc) is 2.76. The van der Waals surface area contributed by atoms with Crippen molar-refractivity contribution in [1.29, 1.82) is 0 Å². The Hall–Kier alpha value is -0.730. The lowest BCUT2D eigenvalue weighted by Gasteiger charge is -2.60. The Balaban J connectivity index is 1.68. The van der Waals surface area contributed by atoms with Gasteiger partial charge in [-0.1, -0.05) is 13.8 Å². The molecule has 1 saturated carbocycles. The second-order valence-corrected chi connectivity index (χ2v) is 7.98. The molecule has 4 heterocycles. The molecule has 5 aliphatic rings. The summed E-state index contributed by atoms with van der Waals surface area (Å²) in [5.74, 6) is -0.868. The van der Waals surface area contributed by atoms with Crippen LogP contribution in [0.25, 0.3) is 0 Å². The van der Waals surface area contributed by atoms with Gasteiger partial charge in [0.05, 0.1) is 0 Å². The number of carboxylic acids is 1. The normalized spacial score (nSPS) is 53.3. The fourth-order valence-electron chi connectivity index (χ4n) is 5.22. The molecule has 136 valence electrons. The van der Waals surface area contributed by atoms with Crippen molar-refractivity contribution in [2.24, 2.45) is 23.7 Å². The molecule has 4 aliphatic heterocycles. The van der Waals surface area contributed by atoms with Crippen molar-refractivity contribution in [3.63, 3.8) is 0 Å². The van der Waals surface area contributed by atoms with Crippen LogP contribution >= 0.6 is 0 Å². The summed E-state index contributed by atoms with van der Waals surface area (Å²) in [5, 5.41) is 8.91. The maximum Gasteiger partial charge on any atom is 0.329 e. The van der Waals surface area contributed by atoms with Gasteiger partial charge in [0.25, 0.3) is 0 Å². The van der Waals surface area contributed by atoms with Gasteiger partial charge in [-0.25, -0.2) is 14.6 Å². The molecule has 24 heavy (non-hydrogen) atoms. The molecule has 0 aromatic heterocycles. The minimum Gasteiger partial charge on any atom is -0.480 e. The van der Waals surface area contributed by atoms with Gasteiger partial charge in [0, 0.05) is 18.3 Å². The Morgan fingerprint density at radius 2 is 2.00 bits per heavy atom. The van der Waals surface area contributed by atoms with E-state index in [9.17, 15) is 4.79 Å². The van der Waals surface area contributed by atoms with Gasteiger partial charge in [-0.2, -0.15) is 0 Å². The third kappa shape index (κ3) is 2.33. The van der Waals surface area contributed by atoms with Crippen molar-refractivity contribution in [3.8, 4) is 0 Å². The van der Waals surface area contributed by atoms with Crippen LogP contribution in [0.3, 0.4) is 0 Å². The maximum absolute atomic E-state index is 10.9. The Bertz CT molecular complexity index is 525. The number of hydrogen-bond acceptors (Lipinski definition) is 6. The SMILES string of the molecule is C[C@H]1C(OCC(=O)O)O[C@@H]2O[C@]3(C)CCC4[C@H](C)CCC1[C@]42OO3.